The fourth-order valence-electron chi connectivity index (χ4n) is 0.995. The van der Waals surface area contributed by atoms with Crippen molar-refractivity contribution in [2.75, 3.05) is 18.5 Å². The van der Waals surface area contributed by atoms with E-state index in [9.17, 15) is 9.00 Å². The van der Waals surface area contributed by atoms with Crippen molar-refractivity contribution in [3.63, 3.8) is 0 Å². The fourth-order valence-corrected chi connectivity index (χ4v) is 1.31. The molecule has 0 aliphatic rings. The molecule has 1 amide bonds. The standard InChI is InChI=1S/C10H15N3O2S/c1-7(16(2)15)5-13-10(14)8-3-4-9(11)12-6-8/h3-4,6-7H,5H2,1-2H3,(H2,11,12)(H,13,14). The number of nitrogens with two attached hydrogens (primary N) is 1. The van der Waals surface area contributed by atoms with Gasteiger partial charge in [0.15, 0.2) is 0 Å². The van der Waals surface area contributed by atoms with Gasteiger partial charge in [-0.25, -0.2) is 4.98 Å². The normalized spacial score (nSPS) is 14.1. The number of aromatic nitrogens is 1. The minimum Gasteiger partial charge on any atom is -0.384 e. The SMILES string of the molecule is CC(CNC(=O)c1ccc(N)nc1)S(C)=O. The summed E-state index contributed by atoms with van der Waals surface area (Å²) < 4.78 is 11.1. The first-order chi connectivity index (χ1) is 7.50. The molecule has 0 radical (unpaired) electrons. The Morgan fingerprint density at radius 3 is 2.81 bits per heavy atom. The molecule has 0 bridgehead atoms. The van der Waals surface area contributed by atoms with Gasteiger partial charge in [0, 0.05) is 35.0 Å². The highest BCUT2D eigenvalue weighted by Gasteiger charge is 2.10. The zero-order valence-electron chi connectivity index (χ0n) is 9.27. The highest BCUT2D eigenvalue weighted by molar-refractivity contribution is 7.84. The van der Waals surface area contributed by atoms with Crippen LogP contribution in [0.25, 0.3) is 0 Å². The molecule has 0 aliphatic heterocycles. The Bertz CT molecular complexity index is 392. The summed E-state index contributed by atoms with van der Waals surface area (Å²) in [6, 6.07) is 3.17. The summed E-state index contributed by atoms with van der Waals surface area (Å²) in [5, 5.41) is 2.62. The molecular formula is C10H15N3O2S. The second-order valence-electron chi connectivity index (χ2n) is 3.49. The van der Waals surface area contributed by atoms with Gasteiger partial charge in [0.2, 0.25) is 0 Å². The lowest BCUT2D eigenvalue weighted by Crippen LogP contribution is -2.32. The smallest absolute Gasteiger partial charge is 0.252 e. The lowest BCUT2D eigenvalue weighted by Gasteiger charge is -2.09. The molecule has 2 unspecified atom stereocenters. The summed E-state index contributed by atoms with van der Waals surface area (Å²) in [5.74, 6) is 0.143. The Labute approximate surface area is 96.9 Å². The topological polar surface area (TPSA) is 85.1 Å². The van der Waals surface area contributed by atoms with Crippen molar-refractivity contribution in [3.8, 4) is 0 Å². The van der Waals surface area contributed by atoms with Crippen LogP contribution in [0.4, 0.5) is 5.82 Å². The highest BCUT2D eigenvalue weighted by atomic mass is 32.2. The molecule has 0 aromatic carbocycles. The van der Waals surface area contributed by atoms with E-state index in [1.807, 2.05) is 6.92 Å². The number of carbonyl (C=O) groups excluding carboxylic acids is 1. The molecule has 16 heavy (non-hydrogen) atoms. The summed E-state index contributed by atoms with van der Waals surface area (Å²) >= 11 is 0. The predicted octanol–water partition coefficient (Wildman–Crippen LogP) is 0.161. The molecule has 1 heterocycles. The number of amides is 1. The third-order valence-corrected chi connectivity index (χ3v) is 3.47. The van der Waals surface area contributed by atoms with E-state index < -0.39 is 10.8 Å². The van der Waals surface area contributed by atoms with Crippen LogP contribution in [0.2, 0.25) is 0 Å². The number of nitrogen functional groups attached to an aromatic ring is 1. The lowest BCUT2D eigenvalue weighted by atomic mass is 10.2. The highest BCUT2D eigenvalue weighted by Crippen LogP contribution is 2.01. The van der Waals surface area contributed by atoms with Crippen molar-refractivity contribution in [1.82, 2.24) is 10.3 Å². The average Bonchev–Trinajstić information content (AvgIpc) is 2.26. The Morgan fingerprint density at radius 1 is 1.62 bits per heavy atom. The van der Waals surface area contributed by atoms with Crippen molar-refractivity contribution >= 4 is 22.5 Å². The van der Waals surface area contributed by atoms with Crippen molar-refractivity contribution in [1.29, 1.82) is 0 Å². The van der Waals surface area contributed by atoms with E-state index in [0.717, 1.165) is 0 Å². The first kappa shape index (κ1) is 12.6. The molecule has 1 aromatic rings. The molecular weight excluding hydrogens is 226 g/mol. The molecule has 0 saturated heterocycles. The Hall–Kier alpha value is -1.43. The molecule has 1 aromatic heterocycles. The van der Waals surface area contributed by atoms with E-state index in [1.165, 1.54) is 6.20 Å². The Balaban J connectivity index is 2.53. The largest absolute Gasteiger partial charge is 0.384 e. The maximum Gasteiger partial charge on any atom is 0.252 e. The van der Waals surface area contributed by atoms with Gasteiger partial charge < -0.3 is 11.1 Å². The van der Waals surface area contributed by atoms with E-state index in [0.29, 0.717) is 17.9 Å². The number of hydrogen-bond donors (Lipinski definition) is 2. The minimum atomic E-state index is -0.937. The zero-order valence-corrected chi connectivity index (χ0v) is 10.1. The van der Waals surface area contributed by atoms with Gasteiger partial charge in [-0.3, -0.25) is 9.00 Å². The molecule has 0 fully saturated rings. The quantitative estimate of drug-likeness (QED) is 0.786. The second kappa shape index (κ2) is 5.60. The fraction of sp³-hybridized carbons (Fsp3) is 0.400. The van der Waals surface area contributed by atoms with Crippen LogP contribution in [0.3, 0.4) is 0 Å². The number of anilines is 1. The number of nitrogens with one attached hydrogen (secondary N) is 1. The van der Waals surface area contributed by atoms with Gasteiger partial charge in [-0.05, 0) is 19.1 Å². The van der Waals surface area contributed by atoms with Crippen LogP contribution < -0.4 is 11.1 Å². The van der Waals surface area contributed by atoms with Crippen molar-refractivity contribution in [3.05, 3.63) is 23.9 Å². The molecule has 6 heteroatoms. The summed E-state index contributed by atoms with van der Waals surface area (Å²) in [5.41, 5.74) is 5.85. The zero-order chi connectivity index (χ0) is 12.1. The van der Waals surface area contributed by atoms with Crippen LogP contribution in [0.5, 0.6) is 0 Å². The molecule has 0 saturated carbocycles. The number of pyridine rings is 1. The molecule has 1 rings (SSSR count). The number of hydrogen-bond acceptors (Lipinski definition) is 4. The Morgan fingerprint density at radius 2 is 2.31 bits per heavy atom. The van der Waals surface area contributed by atoms with E-state index in [4.69, 9.17) is 5.73 Å². The van der Waals surface area contributed by atoms with Gasteiger partial charge in [0.1, 0.15) is 5.82 Å². The van der Waals surface area contributed by atoms with Crippen LogP contribution in [0.15, 0.2) is 18.3 Å². The third kappa shape index (κ3) is 3.62. The summed E-state index contributed by atoms with van der Waals surface area (Å²) in [7, 11) is -0.937. The van der Waals surface area contributed by atoms with Gasteiger partial charge in [-0.1, -0.05) is 0 Å². The summed E-state index contributed by atoms with van der Waals surface area (Å²) in [6.45, 7) is 2.20. The molecule has 3 N–H and O–H groups in total. The number of carbonyl (C=O) groups is 1. The lowest BCUT2D eigenvalue weighted by molar-refractivity contribution is 0.0954. The average molecular weight is 241 g/mol. The third-order valence-electron chi connectivity index (χ3n) is 2.17. The van der Waals surface area contributed by atoms with Crippen LogP contribution in [-0.2, 0) is 10.8 Å². The Kier molecular flexibility index (Phi) is 4.42. The first-order valence-corrected chi connectivity index (χ1v) is 6.44. The monoisotopic (exact) mass is 241 g/mol. The van der Waals surface area contributed by atoms with Gasteiger partial charge >= 0.3 is 0 Å². The van der Waals surface area contributed by atoms with Crippen molar-refractivity contribution in [2.24, 2.45) is 0 Å². The summed E-state index contributed by atoms with van der Waals surface area (Å²) in [4.78, 5) is 15.4. The van der Waals surface area contributed by atoms with Crippen LogP contribution in [0, 0.1) is 0 Å². The van der Waals surface area contributed by atoms with Gasteiger partial charge in [0.05, 0.1) is 5.56 Å². The van der Waals surface area contributed by atoms with Crippen molar-refractivity contribution in [2.45, 2.75) is 12.2 Å². The second-order valence-corrected chi connectivity index (χ2v) is 5.29. The van der Waals surface area contributed by atoms with E-state index in [2.05, 4.69) is 10.3 Å². The van der Waals surface area contributed by atoms with Gasteiger partial charge in [-0.2, -0.15) is 0 Å². The van der Waals surface area contributed by atoms with E-state index in [-0.39, 0.29) is 11.2 Å². The van der Waals surface area contributed by atoms with Crippen LogP contribution in [0.1, 0.15) is 17.3 Å². The molecule has 2 atom stereocenters. The number of nitrogens with zero attached hydrogens (tertiary/aromatic N) is 1. The molecule has 0 aliphatic carbocycles. The van der Waals surface area contributed by atoms with Crippen LogP contribution in [-0.4, -0.2) is 33.2 Å². The van der Waals surface area contributed by atoms with Crippen molar-refractivity contribution < 1.29 is 9.00 Å². The molecule has 88 valence electrons. The maximum atomic E-state index is 11.6. The molecule has 0 spiro atoms. The van der Waals surface area contributed by atoms with E-state index >= 15 is 0 Å². The van der Waals surface area contributed by atoms with Gasteiger partial charge in [-0.15, -0.1) is 0 Å². The number of rotatable bonds is 4. The van der Waals surface area contributed by atoms with Crippen LogP contribution >= 0.6 is 0 Å². The summed E-state index contributed by atoms with van der Waals surface area (Å²) in [6.07, 6.45) is 3.03. The predicted molar refractivity (Wildman–Crippen MR) is 64.5 cm³/mol. The first-order valence-electron chi connectivity index (χ1n) is 4.82. The maximum absolute atomic E-state index is 11.6. The minimum absolute atomic E-state index is 0.0642. The van der Waals surface area contributed by atoms with E-state index in [1.54, 1.807) is 18.4 Å². The van der Waals surface area contributed by atoms with Gasteiger partial charge in [0.25, 0.3) is 5.91 Å². The molecule has 5 nitrogen and oxygen atoms in total.